The van der Waals surface area contributed by atoms with Crippen LogP contribution in [0, 0.1) is 0 Å². The number of hydrogen-bond acceptors (Lipinski definition) is 3. The second-order valence-electron chi connectivity index (χ2n) is 8.52. The molecule has 3 aromatic carbocycles. The monoisotopic (exact) mass is 542 g/mol. The van der Waals surface area contributed by atoms with Crippen molar-refractivity contribution < 1.29 is 9.59 Å². The molecule has 0 heterocycles. The summed E-state index contributed by atoms with van der Waals surface area (Å²) in [4.78, 5) is 29.7. The van der Waals surface area contributed by atoms with Gasteiger partial charge in [0, 0.05) is 40.9 Å². The van der Waals surface area contributed by atoms with E-state index in [1.54, 1.807) is 16.7 Å². The Kier molecular flexibility index (Phi) is 11.7. The van der Waals surface area contributed by atoms with Gasteiger partial charge in [0.05, 0.1) is 0 Å². The summed E-state index contributed by atoms with van der Waals surface area (Å²) in [5, 5.41) is 4.29. The molecule has 0 radical (unpaired) electrons. The minimum absolute atomic E-state index is 0.0563. The highest BCUT2D eigenvalue weighted by molar-refractivity contribution is 7.99. The predicted molar refractivity (Wildman–Crippen MR) is 151 cm³/mol. The smallest absolute Gasteiger partial charge is 0.243 e. The molecule has 0 spiro atoms. The Hall–Kier alpha value is -2.47. The molecule has 0 saturated carbocycles. The molecule has 0 bridgehead atoms. The average Bonchev–Trinajstić information content (AvgIpc) is 2.89. The van der Waals surface area contributed by atoms with Crippen LogP contribution in [-0.4, -0.2) is 35.1 Å². The number of carbonyl (C=O) groups is 2. The Morgan fingerprint density at radius 3 is 2.33 bits per heavy atom. The molecular weight excluding hydrogens is 511 g/mol. The van der Waals surface area contributed by atoms with Gasteiger partial charge in [0.1, 0.15) is 6.04 Å². The summed E-state index contributed by atoms with van der Waals surface area (Å²) in [5.74, 6) is 0.592. The zero-order valence-electron chi connectivity index (χ0n) is 20.5. The summed E-state index contributed by atoms with van der Waals surface area (Å²) in [7, 11) is 0. The van der Waals surface area contributed by atoms with Crippen molar-refractivity contribution >= 4 is 46.8 Å². The molecule has 0 aliphatic rings. The lowest BCUT2D eigenvalue weighted by atomic mass is 10.0. The fraction of sp³-hybridized carbons (Fsp3) is 0.310. The van der Waals surface area contributed by atoms with Crippen molar-refractivity contribution in [3.8, 4) is 0 Å². The fourth-order valence-electron chi connectivity index (χ4n) is 3.82. The summed E-state index contributed by atoms with van der Waals surface area (Å²) < 4.78 is 0. The first-order valence-corrected chi connectivity index (χ1v) is 13.9. The van der Waals surface area contributed by atoms with Crippen molar-refractivity contribution in [3.05, 3.63) is 100 Å². The largest absolute Gasteiger partial charge is 0.354 e. The summed E-state index contributed by atoms with van der Waals surface area (Å²) in [6.07, 6.45) is 2.30. The van der Waals surface area contributed by atoms with Gasteiger partial charge in [0.15, 0.2) is 0 Å². The maximum Gasteiger partial charge on any atom is 0.243 e. The van der Waals surface area contributed by atoms with E-state index in [1.807, 2.05) is 85.8 Å². The van der Waals surface area contributed by atoms with E-state index in [-0.39, 0.29) is 18.4 Å². The number of rotatable bonds is 13. The number of nitrogens with one attached hydrogen (secondary N) is 1. The molecule has 2 amide bonds. The van der Waals surface area contributed by atoms with Crippen LogP contribution in [0.5, 0.6) is 0 Å². The molecule has 0 aliphatic carbocycles. The molecule has 3 aromatic rings. The number of carbonyl (C=O) groups excluding carboxylic acids is 2. The van der Waals surface area contributed by atoms with Crippen molar-refractivity contribution in [3.63, 3.8) is 0 Å². The van der Waals surface area contributed by atoms with E-state index in [2.05, 4.69) is 5.32 Å². The van der Waals surface area contributed by atoms with Crippen LogP contribution in [-0.2, 0) is 22.6 Å². The van der Waals surface area contributed by atoms with Crippen LogP contribution >= 0.6 is 35.0 Å². The van der Waals surface area contributed by atoms with E-state index in [0.29, 0.717) is 35.9 Å². The number of hydrogen-bond donors (Lipinski definition) is 1. The maximum atomic E-state index is 13.6. The first-order valence-electron chi connectivity index (χ1n) is 12.2. The minimum atomic E-state index is -0.633. The molecule has 4 nitrogen and oxygen atoms in total. The van der Waals surface area contributed by atoms with E-state index >= 15 is 0 Å². The lowest BCUT2D eigenvalue weighted by Crippen LogP contribution is -2.50. The number of halogens is 2. The summed E-state index contributed by atoms with van der Waals surface area (Å²) >= 11 is 14.1. The average molecular weight is 544 g/mol. The van der Waals surface area contributed by atoms with Crippen LogP contribution in [0.25, 0.3) is 0 Å². The Morgan fingerprint density at radius 2 is 1.64 bits per heavy atom. The van der Waals surface area contributed by atoms with Crippen molar-refractivity contribution in [2.75, 3.05) is 12.3 Å². The highest BCUT2D eigenvalue weighted by Gasteiger charge is 2.30. The normalized spacial score (nSPS) is 11.6. The maximum absolute atomic E-state index is 13.6. The van der Waals surface area contributed by atoms with E-state index in [4.69, 9.17) is 23.2 Å². The third-order valence-electron chi connectivity index (χ3n) is 5.74. The minimum Gasteiger partial charge on any atom is -0.354 e. The highest BCUT2D eigenvalue weighted by atomic mass is 35.5. The van der Waals surface area contributed by atoms with Crippen LogP contribution in [0.4, 0.5) is 0 Å². The van der Waals surface area contributed by atoms with Crippen LogP contribution < -0.4 is 5.32 Å². The summed E-state index contributed by atoms with van der Waals surface area (Å²) in [6.45, 7) is 2.85. The Balaban J connectivity index is 1.78. The van der Waals surface area contributed by atoms with E-state index in [1.165, 1.54) is 0 Å². The zero-order chi connectivity index (χ0) is 25.8. The van der Waals surface area contributed by atoms with Crippen LogP contribution in [0.3, 0.4) is 0 Å². The molecule has 0 aromatic heterocycles. The Labute approximate surface area is 228 Å². The number of benzene rings is 3. The SMILES string of the molecule is CCCNC(=O)C(Cc1ccccc1)N(Cc1ccccc1Cl)C(=O)CCCSc1ccc(Cl)cc1. The predicted octanol–water partition coefficient (Wildman–Crippen LogP) is 7.03. The third-order valence-corrected chi connectivity index (χ3v) is 7.46. The lowest BCUT2D eigenvalue weighted by molar-refractivity contribution is -0.141. The molecule has 7 heteroatoms. The third kappa shape index (κ3) is 8.88. The van der Waals surface area contributed by atoms with Crippen LogP contribution in [0.2, 0.25) is 10.0 Å². The summed E-state index contributed by atoms with van der Waals surface area (Å²) in [6, 6.07) is 24.3. The Morgan fingerprint density at radius 1 is 0.944 bits per heavy atom. The van der Waals surface area contributed by atoms with Gasteiger partial charge in [-0.1, -0.05) is 78.7 Å². The van der Waals surface area contributed by atoms with Crippen molar-refractivity contribution in [1.82, 2.24) is 10.2 Å². The van der Waals surface area contributed by atoms with E-state index < -0.39 is 6.04 Å². The second-order valence-corrected chi connectivity index (χ2v) is 10.5. The van der Waals surface area contributed by atoms with E-state index in [9.17, 15) is 9.59 Å². The first kappa shape index (κ1) is 28.1. The summed E-state index contributed by atoms with van der Waals surface area (Å²) in [5.41, 5.74) is 1.83. The van der Waals surface area contributed by atoms with Gasteiger partial charge >= 0.3 is 0 Å². The zero-order valence-corrected chi connectivity index (χ0v) is 22.8. The van der Waals surface area contributed by atoms with Gasteiger partial charge in [-0.05, 0) is 60.1 Å². The van der Waals surface area contributed by atoms with Crippen molar-refractivity contribution in [2.24, 2.45) is 0 Å². The molecule has 1 unspecified atom stereocenters. The van der Waals surface area contributed by atoms with Crippen LogP contribution in [0.15, 0.2) is 83.8 Å². The molecular formula is C29H32Cl2N2O2S. The van der Waals surface area contributed by atoms with Gasteiger partial charge in [-0.15, -0.1) is 11.8 Å². The van der Waals surface area contributed by atoms with Gasteiger partial charge < -0.3 is 10.2 Å². The quantitative estimate of drug-likeness (QED) is 0.186. The molecule has 0 aliphatic heterocycles. The fourth-order valence-corrected chi connectivity index (χ4v) is 4.99. The molecule has 1 N–H and O–H groups in total. The molecule has 0 fully saturated rings. The number of nitrogens with zero attached hydrogens (tertiary/aromatic N) is 1. The number of amides is 2. The second kappa shape index (κ2) is 14.9. The molecule has 0 saturated heterocycles. The van der Waals surface area contributed by atoms with Gasteiger partial charge in [0.25, 0.3) is 0 Å². The van der Waals surface area contributed by atoms with Crippen molar-refractivity contribution in [2.45, 2.75) is 50.1 Å². The van der Waals surface area contributed by atoms with Gasteiger partial charge in [-0.2, -0.15) is 0 Å². The van der Waals surface area contributed by atoms with E-state index in [0.717, 1.165) is 28.2 Å². The standard InChI is InChI=1S/C29H32Cl2N2O2S/c1-2-18-32-29(35)27(20-22-9-4-3-5-10-22)33(21-23-11-6-7-12-26(23)31)28(34)13-8-19-36-25-16-14-24(30)15-17-25/h3-7,9-12,14-17,27H,2,8,13,18-21H2,1H3,(H,32,35). The molecule has 36 heavy (non-hydrogen) atoms. The Bertz CT molecular complexity index is 1110. The first-order chi connectivity index (χ1) is 17.5. The van der Waals surface area contributed by atoms with Gasteiger partial charge in [-0.3, -0.25) is 9.59 Å². The topological polar surface area (TPSA) is 49.4 Å². The molecule has 1 atom stereocenters. The van der Waals surface area contributed by atoms with Crippen molar-refractivity contribution in [1.29, 1.82) is 0 Å². The van der Waals surface area contributed by atoms with Gasteiger partial charge in [0.2, 0.25) is 11.8 Å². The highest BCUT2D eigenvalue weighted by Crippen LogP contribution is 2.24. The molecule has 190 valence electrons. The van der Waals surface area contributed by atoms with Gasteiger partial charge in [-0.25, -0.2) is 0 Å². The van der Waals surface area contributed by atoms with Crippen LogP contribution in [0.1, 0.15) is 37.3 Å². The molecule has 3 rings (SSSR count). The number of thioether (sulfide) groups is 1. The lowest BCUT2D eigenvalue weighted by Gasteiger charge is -2.32.